The topological polar surface area (TPSA) is 60.7 Å². The minimum absolute atomic E-state index is 0.00891. The quantitative estimate of drug-likeness (QED) is 0.0781. The van der Waals surface area contributed by atoms with Gasteiger partial charge in [0.05, 0.1) is 0 Å². The van der Waals surface area contributed by atoms with Crippen LogP contribution >= 0.6 is 7.92 Å². The van der Waals surface area contributed by atoms with Crippen molar-refractivity contribution < 1.29 is 15.3 Å². The van der Waals surface area contributed by atoms with Crippen LogP contribution in [0.15, 0.2) is 0 Å². The third-order valence-electron chi connectivity index (χ3n) is 7.82. The van der Waals surface area contributed by atoms with Crippen LogP contribution in [0.1, 0.15) is 136 Å². The Kier molecular flexibility index (Phi) is 26.6. The van der Waals surface area contributed by atoms with Crippen molar-refractivity contribution in [1.29, 1.82) is 0 Å². The third-order valence-corrected chi connectivity index (χ3v) is 10.5. The van der Waals surface area contributed by atoms with Gasteiger partial charge in [-0.1, -0.05) is 97.8 Å². The summed E-state index contributed by atoms with van der Waals surface area (Å²) < 4.78 is 0. The molecule has 0 heterocycles. The summed E-state index contributed by atoms with van der Waals surface area (Å²) in [4.78, 5) is 0. The van der Waals surface area contributed by atoms with Crippen LogP contribution in [0.25, 0.3) is 0 Å². The zero-order valence-corrected chi connectivity index (χ0v) is 24.4. The van der Waals surface area contributed by atoms with Crippen molar-refractivity contribution in [3.8, 4) is 0 Å². The first-order valence-corrected chi connectivity index (χ1v) is 17.1. The highest BCUT2D eigenvalue weighted by Gasteiger charge is 2.18. The van der Waals surface area contributed by atoms with E-state index in [9.17, 15) is 15.3 Å². The monoisotopic (exact) mass is 502 g/mol. The maximum Gasteiger partial charge on any atom is 0.0433 e. The van der Waals surface area contributed by atoms with Gasteiger partial charge in [0.2, 0.25) is 0 Å². The van der Waals surface area contributed by atoms with E-state index in [2.05, 4.69) is 20.8 Å². The molecule has 34 heavy (non-hydrogen) atoms. The molecule has 0 spiro atoms. The Bertz CT molecular complexity index is 336. The van der Waals surface area contributed by atoms with E-state index in [-0.39, 0.29) is 7.92 Å². The van der Waals surface area contributed by atoms with Crippen molar-refractivity contribution in [2.24, 2.45) is 17.8 Å². The van der Waals surface area contributed by atoms with Gasteiger partial charge in [-0.25, -0.2) is 0 Å². The van der Waals surface area contributed by atoms with Gasteiger partial charge in [-0.3, -0.25) is 0 Å². The summed E-state index contributed by atoms with van der Waals surface area (Å²) in [5.74, 6) is 2.08. The molecule has 206 valence electrons. The van der Waals surface area contributed by atoms with Crippen molar-refractivity contribution in [1.82, 2.24) is 0 Å². The Morgan fingerprint density at radius 2 is 0.706 bits per heavy atom. The fraction of sp³-hybridized carbons (Fsp3) is 1.00. The molecule has 4 heteroatoms. The van der Waals surface area contributed by atoms with Crippen LogP contribution < -0.4 is 0 Å². The molecule has 0 saturated heterocycles. The summed E-state index contributed by atoms with van der Waals surface area (Å²) in [6, 6.07) is 0. The fourth-order valence-corrected chi connectivity index (χ4v) is 8.19. The highest BCUT2D eigenvalue weighted by molar-refractivity contribution is 7.57. The average molecular weight is 503 g/mol. The van der Waals surface area contributed by atoms with Gasteiger partial charge in [0, 0.05) is 19.8 Å². The lowest BCUT2D eigenvalue weighted by molar-refractivity contribution is 0.246. The lowest BCUT2D eigenvalue weighted by atomic mass is 9.95. The molecular formula is C30H63O3P. The van der Waals surface area contributed by atoms with Crippen molar-refractivity contribution in [3.05, 3.63) is 0 Å². The number of hydrogen-bond acceptors (Lipinski definition) is 3. The molecule has 0 aromatic heterocycles. The zero-order valence-electron chi connectivity index (χ0n) is 23.5. The van der Waals surface area contributed by atoms with Crippen LogP contribution in [0.3, 0.4) is 0 Å². The number of hydrogen-bond donors (Lipinski definition) is 3. The first-order chi connectivity index (χ1) is 16.6. The highest BCUT2D eigenvalue weighted by Crippen LogP contribution is 2.42. The largest absolute Gasteiger partial charge is 0.396 e. The van der Waals surface area contributed by atoms with Gasteiger partial charge >= 0.3 is 0 Å². The van der Waals surface area contributed by atoms with Crippen LogP contribution in [0, 0.1) is 17.8 Å². The molecule has 0 aliphatic rings. The summed E-state index contributed by atoms with van der Waals surface area (Å²) in [7, 11) is 0.00891. The van der Waals surface area contributed by atoms with Crippen LogP contribution in [0.5, 0.6) is 0 Å². The summed E-state index contributed by atoms with van der Waals surface area (Å²) in [6.45, 7) is 7.81. The molecule has 0 aromatic carbocycles. The van der Waals surface area contributed by atoms with Crippen LogP contribution in [0.4, 0.5) is 0 Å². The summed E-state index contributed by atoms with van der Waals surface area (Å²) in [5, 5.41) is 28.8. The third kappa shape index (κ3) is 20.5. The Morgan fingerprint density at radius 3 is 0.941 bits per heavy atom. The number of rotatable bonds is 27. The summed E-state index contributed by atoms with van der Waals surface area (Å²) in [6.07, 6.45) is 26.4. The minimum Gasteiger partial charge on any atom is -0.396 e. The van der Waals surface area contributed by atoms with Gasteiger partial charge in [0.25, 0.3) is 0 Å². The maximum absolute atomic E-state index is 9.59. The van der Waals surface area contributed by atoms with Crippen molar-refractivity contribution in [2.75, 3.05) is 38.3 Å². The zero-order chi connectivity index (χ0) is 25.3. The van der Waals surface area contributed by atoms with E-state index in [1.54, 1.807) is 0 Å². The molecule has 0 aromatic rings. The predicted octanol–water partition coefficient (Wildman–Crippen LogP) is 8.38. The highest BCUT2D eigenvalue weighted by atomic mass is 31.1. The molecule has 0 aliphatic heterocycles. The second kappa shape index (κ2) is 26.4. The maximum atomic E-state index is 9.59. The molecular weight excluding hydrogens is 439 g/mol. The van der Waals surface area contributed by atoms with Crippen LogP contribution in [0.2, 0.25) is 0 Å². The van der Waals surface area contributed by atoms with E-state index in [0.717, 1.165) is 19.3 Å². The van der Waals surface area contributed by atoms with Gasteiger partial charge < -0.3 is 15.3 Å². The van der Waals surface area contributed by atoms with Gasteiger partial charge in [-0.05, 0) is 74.8 Å². The van der Waals surface area contributed by atoms with E-state index in [1.165, 1.54) is 115 Å². The van der Waals surface area contributed by atoms with E-state index in [4.69, 9.17) is 0 Å². The van der Waals surface area contributed by atoms with Crippen molar-refractivity contribution >= 4 is 7.92 Å². The first-order valence-electron chi connectivity index (χ1n) is 15.2. The molecule has 3 unspecified atom stereocenters. The lowest BCUT2D eigenvalue weighted by Crippen LogP contribution is -2.12. The molecule has 0 fully saturated rings. The van der Waals surface area contributed by atoms with Gasteiger partial charge in [0.1, 0.15) is 0 Å². The Labute approximate surface area is 215 Å². The van der Waals surface area contributed by atoms with E-state index >= 15 is 0 Å². The Hall–Kier alpha value is 0.310. The van der Waals surface area contributed by atoms with Gasteiger partial charge in [0.15, 0.2) is 0 Å². The second-order valence-corrected chi connectivity index (χ2v) is 13.5. The van der Waals surface area contributed by atoms with Crippen molar-refractivity contribution in [2.45, 2.75) is 136 Å². The van der Waals surface area contributed by atoms with Crippen LogP contribution in [-0.2, 0) is 0 Å². The Balaban J connectivity index is 4.93. The molecule has 0 bridgehead atoms. The summed E-state index contributed by atoms with van der Waals surface area (Å²) >= 11 is 0. The second-order valence-electron chi connectivity index (χ2n) is 10.8. The van der Waals surface area contributed by atoms with E-state index < -0.39 is 0 Å². The molecule has 3 atom stereocenters. The first kappa shape index (κ1) is 34.3. The van der Waals surface area contributed by atoms with Gasteiger partial charge in [-0.2, -0.15) is 0 Å². The fourth-order valence-electron chi connectivity index (χ4n) is 5.33. The smallest absolute Gasteiger partial charge is 0.0433 e. The normalized spacial score (nSPS) is 15.4. The molecule has 0 rings (SSSR count). The molecule has 0 saturated carbocycles. The number of unbranched alkanes of at least 4 members (excludes halogenated alkanes) is 6. The predicted molar refractivity (Wildman–Crippen MR) is 153 cm³/mol. The average Bonchev–Trinajstić information content (AvgIpc) is 2.83. The number of aliphatic hydroxyl groups excluding tert-OH is 3. The summed E-state index contributed by atoms with van der Waals surface area (Å²) in [5.41, 5.74) is 0. The minimum atomic E-state index is 0.00891. The molecule has 0 amide bonds. The lowest BCUT2D eigenvalue weighted by Gasteiger charge is -2.26. The Morgan fingerprint density at radius 1 is 0.412 bits per heavy atom. The molecule has 0 aliphatic carbocycles. The standard InChI is InChI=1S/C30H63O3P/c1-4-7-10-13-28(16-22-31)19-25-34(26-20-29(17-23-32)14-11-8-5-2)27-21-30(18-24-33)15-12-9-6-3/h28-33H,4-27H2,1-3H3. The molecule has 3 N–H and O–H groups in total. The van der Waals surface area contributed by atoms with Crippen LogP contribution in [-0.4, -0.2) is 53.6 Å². The van der Waals surface area contributed by atoms with E-state index in [1.807, 2.05) is 0 Å². The van der Waals surface area contributed by atoms with E-state index in [0.29, 0.717) is 37.6 Å². The SMILES string of the molecule is CCCCCC(CCO)CCP(CCC(CCO)CCCCC)CCC(CCO)CCCCC. The molecule has 0 radical (unpaired) electrons. The van der Waals surface area contributed by atoms with Crippen molar-refractivity contribution in [3.63, 3.8) is 0 Å². The number of aliphatic hydroxyl groups is 3. The molecule has 3 nitrogen and oxygen atoms in total. The van der Waals surface area contributed by atoms with Gasteiger partial charge in [-0.15, -0.1) is 7.92 Å².